The fraction of sp³-hybridized carbons (Fsp3) is 0.562. The molecule has 2 rings (SSSR count). The summed E-state index contributed by atoms with van der Waals surface area (Å²) in [5, 5.41) is 0. The molecule has 0 aromatic heterocycles. The van der Waals surface area contributed by atoms with Crippen LogP contribution in [0.2, 0.25) is 0 Å². The molecule has 1 aromatic rings. The van der Waals surface area contributed by atoms with E-state index in [0.717, 1.165) is 42.7 Å². The van der Waals surface area contributed by atoms with Crippen molar-refractivity contribution < 1.29 is 9.53 Å². The molecular formula is C16H22O2. The molecule has 0 N–H and O–H groups in total. The van der Waals surface area contributed by atoms with E-state index in [0.29, 0.717) is 6.42 Å². The van der Waals surface area contributed by atoms with Gasteiger partial charge in [0.2, 0.25) is 0 Å². The van der Waals surface area contributed by atoms with Gasteiger partial charge < -0.3 is 4.74 Å². The summed E-state index contributed by atoms with van der Waals surface area (Å²) < 4.78 is 5.85. The summed E-state index contributed by atoms with van der Waals surface area (Å²) >= 11 is 0. The number of ether oxygens (including phenoxy) is 1. The van der Waals surface area contributed by atoms with E-state index in [1.165, 1.54) is 19.3 Å². The molecule has 0 radical (unpaired) electrons. The highest BCUT2D eigenvalue weighted by atomic mass is 16.5. The maximum absolute atomic E-state index is 11.8. The second-order valence-corrected chi connectivity index (χ2v) is 4.97. The summed E-state index contributed by atoms with van der Waals surface area (Å²) in [5.41, 5.74) is 2.01. The molecule has 0 amide bonds. The van der Waals surface area contributed by atoms with Gasteiger partial charge in [0.1, 0.15) is 5.75 Å². The van der Waals surface area contributed by atoms with Crippen molar-refractivity contribution in [3.8, 4) is 5.75 Å². The summed E-state index contributed by atoms with van der Waals surface area (Å²) in [6.45, 7) is 2.98. The Labute approximate surface area is 109 Å². The third-order valence-corrected chi connectivity index (χ3v) is 3.52. The number of carbonyl (C=O) groups is 1. The maximum atomic E-state index is 11.8. The Hall–Kier alpha value is -1.31. The zero-order valence-electron chi connectivity index (χ0n) is 11.2. The SMILES string of the molecule is CCCCCCOc1cccc2c1CCCC2=O. The number of ketones is 1. The number of hydrogen-bond acceptors (Lipinski definition) is 2. The molecule has 2 heteroatoms. The highest BCUT2D eigenvalue weighted by molar-refractivity contribution is 5.99. The molecule has 0 unspecified atom stereocenters. The summed E-state index contributed by atoms with van der Waals surface area (Å²) in [4.78, 5) is 11.8. The Bertz CT molecular complexity index is 410. The lowest BCUT2D eigenvalue weighted by atomic mass is 9.90. The van der Waals surface area contributed by atoms with Crippen LogP contribution in [-0.2, 0) is 6.42 Å². The van der Waals surface area contributed by atoms with Crippen LogP contribution in [0, 0.1) is 0 Å². The smallest absolute Gasteiger partial charge is 0.163 e. The molecule has 0 atom stereocenters. The highest BCUT2D eigenvalue weighted by Gasteiger charge is 2.19. The number of benzene rings is 1. The van der Waals surface area contributed by atoms with E-state index in [-0.39, 0.29) is 5.78 Å². The molecule has 0 heterocycles. The number of rotatable bonds is 6. The summed E-state index contributed by atoms with van der Waals surface area (Å²) in [5.74, 6) is 1.20. The van der Waals surface area contributed by atoms with Crippen LogP contribution in [0.3, 0.4) is 0 Å². The molecule has 2 nitrogen and oxygen atoms in total. The number of Topliss-reactive ketones (excluding diaryl/α,β-unsaturated/α-hetero) is 1. The first-order valence-corrected chi connectivity index (χ1v) is 7.11. The lowest BCUT2D eigenvalue weighted by Crippen LogP contribution is -2.12. The van der Waals surface area contributed by atoms with Gasteiger partial charge in [-0.3, -0.25) is 4.79 Å². The van der Waals surface area contributed by atoms with Crippen LogP contribution in [-0.4, -0.2) is 12.4 Å². The molecule has 18 heavy (non-hydrogen) atoms. The molecule has 0 bridgehead atoms. The molecule has 0 saturated carbocycles. The molecular weight excluding hydrogens is 224 g/mol. The van der Waals surface area contributed by atoms with E-state index in [1.807, 2.05) is 18.2 Å². The molecule has 0 aliphatic heterocycles. The predicted octanol–water partition coefficient (Wildman–Crippen LogP) is 4.16. The van der Waals surface area contributed by atoms with Crippen LogP contribution in [0.1, 0.15) is 61.4 Å². The van der Waals surface area contributed by atoms with Gasteiger partial charge in [-0.2, -0.15) is 0 Å². The first-order chi connectivity index (χ1) is 8.83. The molecule has 1 aromatic carbocycles. The Balaban J connectivity index is 1.96. The van der Waals surface area contributed by atoms with Gasteiger partial charge in [-0.25, -0.2) is 0 Å². The lowest BCUT2D eigenvalue weighted by molar-refractivity contribution is 0.0971. The first kappa shape index (κ1) is 13.1. The normalized spacial score (nSPS) is 14.4. The van der Waals surface area contributed by atoms with Gasteiger partial charge in [0.15, 0.2) is 5.78 Å². The van der Waals surface area contributed by atoms with Gasteiger partial charge in [0.05, 0.1) is 6.61 Å². The topological polar surface area (TPSA) is 26.3 Å². The molecule has 0 saturated heterocycles. The molecule has 1 aliphatic rings. The lowest BCUT2D eigenvalue weighted by Gasteiger charge is -2.18. The quantitative estimate of drug-likeness (QED) is 0.704. The summed E-state index contributed by atoms with van der Waals surface area (Å²) in [6, 6.07) is 5.86. The van der Waals surface area contributed by atoms with Crippen LogP contribution in [0.15, 0.2) is 18.2 Å². The van der Waals surface area contributed by atoms with Gasteiger partial charge in [0.25, 0.3) is 0 Å². The van der Waals surface area contributed by atoms with E-state index in [9.17, 15) is 4.79 Å². The minimum Gasteiger partial charge on any atom is -0.493 e. The molecule has 0 fully saturated rings. The second kappa shape index (κ2) is 6.58. The average molecular weight is 246 g/mol. The van der Waals surface area contributed by atoms with Crippen LogP contribution in [0.5, 0.6) is 5.75 Å². The van der Waals surface area contributed by atoms with E-state index < -0.39 is 0 Å². The number of fused-ring (bicyclic) bond motifs is 1. The monoisotopic (exact) mass is 246 g/mol. The van der Waals surface area contributed by atoms with Gasteiger partial charge in [0, 0.05) is 17.5 Å². The third-order valence-electron chi connectivity index (χ3n) is 3.52. The van der Waals surface area contributed by atoms with Crippen LogP contribution in [0.25, 0.3) is 0 Å². The van der Waals surface area contributed by atoms with Crippen molar-refractivity contribution in [2.24, 2.45) is 0 Å². The van der Waals surface area contributed by atoms with Gasteiger partial charge in [-0.1, -0.05) is 38.3 Å². The Kier molecular flexibility index (Phi) is 4.80. The number of carbonyl (C=O) groups excluding carboxylic acids is 1. The van der Waals surface area contributed by atoms with Crippen molar-refractivity contribution >= 4 is 5.78 Å². The minimum atomic E-state index is 0.271. The van der Waals surface area contributed by atoms with Crippen LogP contribution in [0.4, 0.5) is 0 Å². The molecule has 1 aliphatic carbocycles. The second-order valence-electron chi connectivity index (χ2n) is 4.97. The van der Waals surface area contributed by atoms with E-state index in [4.69, 9.17) is 4.74 Å². The largest absolute Gasteiger partial charge is 0.493 e. The highest BCUT2D eigenvalue weighted by Crippen LogP contribution is 2.29. The van der Waals surface area contributed by atoms with Gasteiger partial charge in [-0.15, -0.1) is 0 Å². The number of unbranched alkanes of at least 4 members (excludes halogenated alkanes) is 3. The van der Waals surface area contributed by atoms with Crippen molar-refractivity contribution in [3.63, 3.8) is 0 Å². The fourth-order valence-electron chi connectivity index (χ4n) is 2.49. The van der Waals surface area contributed by atoms with Crippen molar-refractivity contribution in [2.45, 2.75) is 51.9 Å². The van der Waals surface area contributed by atoms with E-state index in [2.05, 4.69) is 6.92 Å². The first-order valence-electron chi connectivity index (χ1n) is 7.11. The fourth-order valence-corrected chi connectivity index (χ4v) is 2.49. The van der Waals surface area contributed by atoms with Crippen molar-refractivity contribution in [2.75, 3.05) is 6.61 Å². The Morgan fingerprint density at radius 3 is 2.89 bits per heavy atom. The van der Waals surface area contributed by atoms with Crippen molar-refractivity contribution in [1.29, 1.82) is 0 Å². The Morgan fingerprint density at radius 2 is 2.06 bits per heavy atom. The average Bonchev–Trinajstić information content (AvgIpc) is 2.39. The number of hydrogen-bond donors (Lipinski definition) is 0. The van der Waals surface area contributed by atoms with Gasteiger partial charge in [-0.05, 0) is 25.3 Å². The molecule has 0 spiro atoms. The van der Waals surface area contributed by atoms with Crippen LogP contribution < -0.4 is 4.74 Å². The Morgan fingerprint density at radius 1 is 1.17 bits per heavy atom. The summed E-state index contributed by atoms with van der Waals surface area (Å²) in [7, 11) is 0. The van der Waals surface area contributed by atoms with E-state index >= 15 is 0 Å². The zero-order valence-corrected chi connectivity index (χ0v) is 11.2. The molecule has 98 valence electrons. The zero-order chi connectivity index (χ0) is 12.8. The van der Waals surface area contributed by atoms with Crippen molar-refractivity contribution in [3.05, 3.63) is 29.3 Å². The summed E-state index contributed by atoms with van der Waals surface area (Å²) in [6.07, 6.45) is 7.47. The standard InChI is InChI=1S/C16H22O2/c1-2-3-4-5-12-18-16-11-7-8-13-14(16)9-6-10-15(13)17/h7-8,11H,2-6,9-10,12H2,1H3. The maximum Gasteiger partial charge on any atom is 0.163 e. The predicted molar refractivity (Wildman–Crippen MR) is 73.3 cm³/mol. The minimum absolute atomic E-state index is 0.271. The third kappa shape index (κ3) is 3.12. The van der Waals surface area contributed by atoms with Crippen molar-refractivity contribution in [1.82, 2.24) is 0 Å². The van der Waals surface area contributed by atoms with Gasteiger partial charge >= 0.3 is 0 Å². The van der Waals surface area contributed by atoms with E-state index in [1.54, 1.807) is 0 Å². The van der Waals surface area contributed by atoms with Crippen LogP contribution >= 0.6 is 0 Å².